The summed E-state index contributed by atoms with van der Waals surface area (Å²) in [5.74, 6) is 0.561. The van der Waals surface area contributed by atoms with Crippen molar-refractivity contribution in [3.05, 3.63) is 52.5 Å². The molecule has 25 heavy (non-hydrogen) atoms. The summed E-state index contributed by atoms with van der Waals surface area (Å²) in [7, 11) is 1.57. The van der Waals surface area contributed by atoms with Gasteiger partial charge in [0, 0.05) is 10.2 Å². The van der Waals surface area contributed by atoms with E-state index in [-0.39, 0.29) is 25.0 Å². The van der Waals surface area contributed by atoms with Crippen molar-refractivity contribution in [3.63, 3.8) is 0 Å². The summed E-state index contributed by atoms with van der Waals surface area (Å²) in [6.45, 7) is 1.66. The third-order valence-corrected chi connectivity index (χ3v) is 4.19. The molecule has 7 heteroatoms. The van der Waals surface area contributed by atoms with Crippen molar-refractivity contribution in [2.75, 3.05) is 25.6 Å². The van der Waals surface area contributed by atoms with E-state index in [4.69, 9.17) is 9.47 Å². The molecule has 2 aromatic carbocycles. The van der Waals surface area contributed by atoms with Gasteiger partial charge in [-0.15, -0.1) is 0 Å². The summed E-state index contributed by atoms with van der Waals surface area (Å²) >= 11 is 3.40. The molecule has 0 aromatic heterocycles. The highest BCUT2D eigenvalue weighted by atomic mass is 79.9. The zero-order valence-corrected chi connectivity index (χ0v) is 15.6. The number of carbonyl (C=O) groups is 2. The fraction of sp³-hybridized carbons (Fsp3) is 0.222. The van der Waals surface area contributed by atoms with Crippen LogP contribution in [0.4, 0.5) is 5.69 Å². The Morgan fingerprint density at radius 2 is 1.72 bits per heavy atom. The normalized spacial score (nSPS) is 10.0. The van der Waals surface area contributed by atoms with Crippen LogP contribution in [0.25, 0.3) is 0 Å². The van der Waals surface area contributed by atoms with Crippen LogP contribution in [0, 0.1) is 6.92 Å². The van der Waals surface area contributed by atoms with Crippen LogP contribution in [0.5, 0.6) is 11.5 Å². The average molecular weight is 407 g/mol. The third-order valence-electron chi connectivity index (χ3n) is 3.33. The van der Waals surface area contributed by atoms with E-state index in [0.717, 1.165) is 10.0 Å². The van der Waals surface area contributed by atoms with Crippen molar-refractivity contribution < 1.29 is 19.1 Å². The lowest BCUT2D eigenvalue weighted by molar-refractivity contribution is -0.125. The Hall–Kier alpha value is -2.54. The minimum atomic E-state index is -0.379. The summed E-state index contributed by atoms with van der Waals surface area (Å²) in [4.78, 5) is 23.6. The molecule has 0 aliphatic carbocycles. The molecule has 0 fully saturated rings. The van der Waals surface area contributed by atoms with Gasteiger partial charge in [0.05, 0.1) is 13.7 Å². The maximum Gasteiger partial charge on any atom is 0.258 e. The highest BCUT2D eigenvalue weighted by Crippen LogP contribution is 2.20. The molecule has 0 unspecified atom stereocenters. The van der Waals surface area contributed by atoms with Crippen LogP contribution in [0.15, 0.2) is 46.9 Å². The summed E-state index contributed by atoms with van der Waals surface area (Å²) in [6, 6.07) is 12.4. The van der Waals surface area contributed by atoms with Crippen molar-refractivity contribution >= 4 is 33.4 Å². The lowest BCUT2D eigenvalue weighted by atomic mass is 10.2. The standard InChI is InChI=1S/C18H19BrN2O4/c1-12-3-4-13(9-16(12)19)21-17(22)10-20-18(23)11-25-15-7-5-14(24-2)6-8-15/h3-9H,10-11H2,1-2H3,(H,20,23)(H,21,22). The number of ether oxygens (including phenoxy) is 2. The first kappa shape index (κ1) is 18.8. The minimum absolute atomic E-state index is 0.129. The number of anilines is 1. The summed E-state index contributed by atoms with van der Waals surface area (Å²) in [5, 5.41) is 5.22. The van der Waals surface area contributed by atoms with Crippen molar-refractivity contribution in [1.29, 1.82) is 0 Å². The Labute approximate surface area is 154 Å². The number of nitrogens with one attached hydrogen (secondary N) is 2. The molecule has 0 radical (unpaired) electrons. The third kappa shape index (κ3) is 6.11. The van der Waals surface area contributed by atoms with Gasteiger partial charge in [-0.2, -0.15) is 0 Å². The molecular formula is C18H19BrN2O4. The molecule has 2 rings (SSSR count). The van der Waals surface area contributed by atoms with Crippen LogP contribution in [-0.4, -0.2) is 32.1 Å². The Morgan fingerprint density at radius 1 is 1.04 bits per heavy atom. The maximum absolute atomic E-state index is 11.9. The van der Waals surface area contributed by atoms with Crippen LogP contribution in [0.3, 0.4) is 0 Å². The van der Waals surface area contributed by atoms with Crippen LogP contribution in [-0.2, 0) is 9.59 Å². The maximum atomic E-state index is 11.9. The van der Waals surface area contributed by atoms with E-state index < -0.39 is 0 Å². The van der Waals surface area contributed by atoms with Crippen molar-refractivity contribution in [2.24, 2.45) is 0 Å². The van der Waals surface area contributed by atoms with Crippen LogP contribution < -0.4 is 20.1 Å². The molecule has 0 heterocycles. The Morgan fingerprint density at radius 3 is 2.36 bits per heavy atom. The predicted molar refractivity (Wildman–Crippen MR) is 99.0 cm³/mol. The van der Waals surface area contributed by atoms with Crippen LogP contribution >= 0.6 is 15.9 Å². The van der Waals surface area contributed by atoms with Crippen LogP contribution in [0.2, 0.25) is 0 Å². The number of methoxy groups -OCH3 is 1. The second-order valence-corrected chi connectivity index (χ2v) is 6.11. The molecule has 0 saturated heterocycles. The second-order valence-electron chi connectivity index (χ2n) is 5.25. The smallest absolute Gasteiger partial charge is 0.258 e. The number of benzene rings is 2. The Kier molecular flexibility index (Phi) is 6.82. The van der Waals surface area contributed by atoms with Crippen molar-refractivity contribution in [3.8, 4) is 11.5 Å². The van der Waals surface area contributed by atoms with Gasteiger partial charge in [0.1, 0.15) is 11.5 Å². The van der Waals surface area contributed by atoms with E-state index in [0.29, 0.717) is 17.2 Å². The molecule has 0 aliphatic heterocycles. The highest BCUT2D eigenvalue weighted by Gasteiger charge is 2.08. The molecule has 2 aromatic rings. The minimum Gasteiger partial charge on any atom is -0.497 e. The SMILES string of the molecule is COc1ccc(OCC(=O)NCC(=O)Nc2ccc(C)c(Br)c2)cc1. The Bertz CT molecular complexity index is 747. The number of amides is 2. The molecule has 132 valence electrons. The van der Waals surface area contributed by atoms with Gasteiger partial charge in [0.15, 0.2) is 6.61 Å². The molecule has 2 amide bonds. The molecule has 0 saturated carbocycles. The highest BCUT2D eigenvalue weighted by molar-refractivity contribution is 9.10. The topological polar surface area (TPSA) is 76.7 Å². The lowest BCUT2D eigenvalue weighted by Gasteiger charge is -2.09. The van der Waals surface area contributed by atoms with Crippen LogP contribution in [0.1, 0.15) is 5.56 Å². The molecule has 2 N–H and O–H groups in total. The van der Waals surface area contributed by atoms with E-state index in [2.05, 4.69) is 26.6 Å². The van der Waals surface area contributed by atoms with Gasteiger partial charge in [-0.3, -0.25) is 9.59 Å². The second kappa shape index (κ2) is 9.08. The van der Waals surface area contributed by atoms with Gasteiger partial charge in [0.2, 0.25) is 5.91 Å². The summed E-state index contributed by atoms with van der Waals surface area (Å²) in [6.07, 6.45) is 0. The first-order chi connectivity index (χ1) is 12.0. The Balaban J connectivity index is 1.73. The molecule has 0 aliphatic rings. The lowest BCUT2D eigenvalue weighted by Crippen LogP contribution is -2.35. The molecule has 0 atom stereocenters. The van der Waals surface area contributed by atoms with E-state index in [1.54, 1.807) is 37.4 Å². The van der Waals surface area contributed by atoms with Gasteiger partial charge in [-0.1, -0.05) is 22.0 Å². The fourth-order valence-electron chi connectivity index (χ4n) is 1.93. The predicted octanol–water partition coefficient (Wildman–Crippen LogP) is 2.90. The number of hydrogen-bond donors (Lipinski definition) is 2. The quantitative estimate of drug-likeness (QED) is 0.740. The summed E-state index contributed by atoms with van der Waals surface area (Å²) in [5.41, 5.74) is 1.73. The van der Waals surface area contributed by atoms with Gasteiger partial charge in [-0.05, 0) is 48.9 Å². The first-order valence-corrected chi connectivity index (χ1v) is 8.37. The number of hydrogen-bond acceptors (Lipinski definition) is 4. The number of halogens is 1. The molecule has 0 spiro atoms. The van der Waals surface area contributed by atoms with Gasteiger partial charge < -0.3 is 20.1 Å². The van der Waals surface area contributed by atoms with Crippen molar-refractivity contribution in [2.45, 2.75) is 6.92 Å². The zero-order valence-electron chi connectivity index (χ0n) is 14.0. The molecule has 6 nitrogen and oxygen atoms in total. The largest absolute Gasteiger partial charge is 0.497 e. The average Bonchev–Trinajstić information content (AvgIpc) is 2.61. The van der Waals surface area contributed by atoms with E-state index in [9.17, 15) is 9.59 Å². The van der Waals surface area contributed by atoms with Gasteiger partial charge in [-0.25, -0.2) is 0 Å². The fourth-order valence-corrected chi connectivity index (χ4v) is 2.31. The van der Waals surface area contributed by atoms with E-state index in [1.165, 1.54) is 0 Å². The van der Waals surface area contributed by atoms with Gasteiger partial charge in [0.25, 0.3) is 5.91 Å². The molecule has 0 bridgehead atoms. The summed E-state index contributed by atoms with van der Waals surface area (Å²) < 4.78 is 11.3. The van der Waals surface area contributed by atoms with Crippen molar-refractivity contribution in [1.82, 2.24) is 5.32 Å². The van der Waals surface area contributed by atoms with Gasteiger partial charge >= 0.3 is 0 Å². The zero-order chi connectivity index (χ0) is 18.2. The van der Waals surface area contributed by atoms with E-state index in [1.807, 2.05) is 19.1 Å². The first-order valence-electron chi connectivity index (χ1n) is 7.57. The number of rotatable bonds is 7. The monoisotopic (exact) mass is 406 g/mol. The van der Waals surface area contributed by atoms with E-state index >= 15 is 0 Å². The number of carbonyl (C=O) groups excluding carboxylic acids is 2. The number of aryl methyl sites for hydroxylation is 1. The molecular weight excluding hydrogens is 388 g/mol.